The Kier molecular flexibility index (Phi) is 9.18. The standard InChI is InChI=1S/C32H37N3O6/c1-35(17-19-39-20-18-35)16-6-15-33-31(37)26-9-5-10-27(21-26)34-30(29(22-36)41-32(34)38)25-11-13-28(14-12-25)40-23-24-7-3-2-4-8-24/h2-5,7-14,21,29-30,36H,6,15-20,22-23H2,1H3/p+1. The van der Waals surface area contributed by atoms with Crippen molar-refractivity contribution in [2.75, 3.05) is 57.9 Å². The second kappa shape index (κ2) is 13.2. The van der Waals surface area contributed by atoms with E-state index >= 15 is 0 Å². The number of nitrogens with one attached hydrogen (secondary N) is 1. The number of ether oxygens (including phenoxy) is 3. The average molecular weight is 561 g/mol. The van der Waals surface area contributed by atoms with Crippen LogP contribution in [0.4, 0.5) is 10.5 Å². The molecule has 0 spiro atoms. The minimum Gasteiger partial charge on any atom is -0.489 e. The van der Waals surface area contributed by atoms with Crippen LogP contribution >= 0.6 is 0 Å². The average Bonchev–Trinajstić information content (AvgIpc) is 3.35. The molecule has 216 valence electrons. The molecule has 2 N–H and O–H groups in total. The molecule has 2 amide bonds. The number of likely N-dealkylation sites (N-methyl/N-ethyl adjacent to an activating group) is 1. The van der Waals surface area contributed by atoms with Gasteiger partial charge in [-0.2, -0.15) is 0 Å². The fraction of sp³-hybridized carbons (Fsp3) is 0.375. The zero-order valence-corrected chi connectivity index (χ0v) is 23.4. The van der Waals surface area contributed by atoms with Crippen LogP contribution in [0, 0.1) is 0 Å². The number of hydrogen-bond acceptors (Lipinski definition) is 6. The van der Waals surface area contributed by atoms with Crippen molar-refractivity contribution in [3.8, 4) is 5.75 Å². The van der Waals surface area contributed by atoms with Gasteiger partial charge in [0.25, 0.3) is 5.91 Å². The van der Waals surface area contributed by atoms with Gasteiger partial charge in [0.1, 0.15) is 31.5 Å². The van der Waals surface area contributed by atoms with Crippen LogP contribution in [-0.2, 0) is 16.1 Å². The highest BCUT2D eigenvalue weighted by Gasteiger charge is 2.43. The van der Waals surface area contributed by atoms with Gasteiger partial charge in [0.2, 0.25) is 0 Å². The third-order valence-electron chi connectivity index (χ3n) is 7.83. The zero-order chi connectivity index (χ0) is 28.7. The highest BCUT2D eigenvalue weighted by Crippen LogP contribution is 2.38. The molecule has 3 aromatic carbocycles. The number of carbonyl (C=O) groups is 2. The molecule has 2 saturated heterocycles. The number of nitrogens with zero attached hydrogens (tertiary/aromatic N) is 2. The Morgan fingerprint density at radius 1 is 1.05 bits per heavy atom. The van der Waals surface area contributed by atoms with Gasteiger partial charge in [0.15, 0.2) is 6.10 Å². The molecule has 0 aliphatic carbocycles. The minimum atomic E-state index is -0.749. The summed E-state index contributed by atoms with van der Waals surface area (Å²) in [6.45, 7) is 5.18. The molecule has 41 heavy (non-hydrogen) atoms. The number of aliphatic hydroxyl groups excluding tert-OH is 1. The van der Waals surface area contributed by atoms with Crippen LogP contribution < -0.4 is 15.0 Å². The van der Waals surface area contributed by atoms with E-state index in [1.807, 2.05) is 54.6 Å². The van der Waals surface area contributed by atoms with Crippen molar-refractivity contribution in [1.82, 2.24) is 5.32 Å². The first-order valence-electron chi connectivity index (χ1n) is 14.1. The van der Waals surface area contributed by atoms with Crippen LogP contribution in [0.1, 0.15) is 33.9 Å². The second-order valence-corrected chi connectivity index (χ2v) is 10.8. The number of quaternary nitrogens is 1. The molecule has 0 bridgehead atoms. The van der Waals surface area contributed by atoms with Gasteiger partial charge < -0.3 is 29.1 Å². The molecule has 3 aromatic rings. The summed E-state index contributed by atoms with van der Waals surface area (Å²) in [6, 6.07) is 23.7. The van der Waals surface area contributed by atoms with Crippen LogP contribution in [0.5, 0.6) is 5.75 Å². The highest BCUT2D eigenvalue weighted by atomic mass is 16.6. The zero-order valence-electron chi connectivity index (χ0n) is 23.4. The number of aliphatic hydroxyl groups is 1. The van der Waals surface area contributed by atoms with E-state index in [2.05, 4.69) is 12.4 Å². The number of cyclic esters (lactones) is 1. The Balaban J connectivity index is 1.24. The smallest absolute Gasteiger partial charge is 0.415 e. The summed E-state index contributed by atoms with van der Waals surface area (Å²) in [5.74, 6) is 0.498. The van der Waals surface area contributed by atoms with Crippen molar-refractivity contribution < 1.29 is 33.4 Å². The predicted molar refractivity (Wildman–Crippen MR) is 155 cm³/mol. The van der Waals surface area contributed by atoms with Crippen LogP contribution in [0.2, 0.25) is 0 Å². The predicted octanol–water partition coefficient (Wildman–Crippen LogP) is 3.92. The van der Waals surface area contributed by atoms with E-state index in [-0.39, 0.29) is 12.5 Å². The lowest BCUT2D eigenvalue weighted by Gasteiger charge is -2.37. The molecule has 9 heteroatoms. The Morgan fingerprint density at radius 3 is 2.54 bits per heavy atom. The number of benzene rings is 3. The summed E-state index contributed by atoms with van der Waals surface area (Å²) in [4.78, 5) is 27.5. The van der Waals surface area contributed by atoms with E-state index in [0.29, 0.717) is 30.2 Å². The van der Waals surface area contributed by atoms with Crippen LogP contribution in [-0.4, -0.2) is 80.7 Å². The summed E-state index contributed by atoms with van der Waals surface area (Å²) >= 11 is 0. The van der Waals surface area contributed by atoms with Crippen LogP contribution in [0.15, 0.2) is 78.9 Å². The SMILES string of the molecule is C[N+]1(CCCNC(=O)c2cccc(N3C(=O)OC(CO)C3c3ccc(OCc4ccccc4)cc3)c2)CCOCC1. The van der Waals surface area contributed by atoms with Gasteiger partial charge in [-0.1, -0.05) is 48.5 Å². The lowest BCUT2D eigenvalue weighted by atomic mass is 10.00. The Bertz CT molecular complexity index is 1310. The molecule has 0 saturated carbocycles. The fourth-order valence-electron chi connectivity index (χ4n) is 5.37. The highest BCUT2D eigenvalue weighted by molar-refractivity contribution is 5.97. The van der Waals surface area contributed by atoms with Crippen LogP contribution in [0.3, 0.4) is 0 Å². The number of anilines is 1. The monoisotopic (exact) mass is 560 g/mol. The maximum Gasteiger partial charge on any atom is 0.415 e. The van der Waals surface area contributed by atoms with Gasteiger partial charge >= 0.3 is 6.09 Å². The fourth-order valence-corrected chi connectivity index (χ4v) is 5.37. The maximum atomic E-state index is 13.0. The largest absolute Gasteiger partial charge is 0.489 e. The quantitative estimate of drug-likeness (QED) is 0.273. The number of morpholine rings is 1. The molecule has 2 heterocycles. The van der Waals surface area contributed by atoms with E-state index < -0.39 is 18.2 Å². The molecule has 0 aromatic heterocycles. The maximum absolute atomic E-state index is 13.0. The number of rotatable bonds is 11. The lowest BCUT2D eigenvalue weighted by molar-refractivity contribution is -0.916. The van der Waals surface area contributed by atoms with E-state index in [4.69, 9.17) is 14.2 Å². The lowest BCUT2D eigenvalue weighted by Crippen LogP contribution is -2.52. The van der Waals surface area contributed by atoms with E-state index in [9.17, 15) is 14.7 Å². The summed E-state index contributed by atoms with van der Waals surface area (Å²) in [5.41, 5.74) is 2.84. The minimum absolute atomic E-state index is 0.195. The third-order valence-corrected chi connectivity index (χ3v) is 7.83. The van der Waals surface area contributed by atoms with Gasteiger partial charge in [-0.15, -0.1) is 0 Å². The molecule has 2 aliphatic heterocycles. The summed E-state index contributed by atoms with van der Waals surface area (Å²) < 4.78 is 17.8. The van der Waals surface area contributed by atoms with Crippen LogP contribution in [0.25, 0.3) is 0 Å². The Hall–Kier alpha value is -3.92. The first-order valence-corrected chi connectivity index (χ1v) is 14.1. The summed E-state index contributed by atoms with van der Waals surface area (Å²) in [7, 11) is 2.23. The van der Waals surface area contributed by atoms with Gasteiger partial charge in [-0.3, -0.25) is 9.69 Å². The first-order chi connectivity index (χ1) is 20.0. The molecule has 5 rings (SSSR count). The van der Waals surface area contributed by atoms with Gasteiger partial charge in [0, 0.05) is 24.2 Å². The molecule has 2 atom stereocenters. The third kappa shape index (κ3) is 7.05. The van der Waals surface area contributed by atoms with Crippen molar-refractivity contribution in [2.45, 2.75) is 25.2 Å². The first kappa shape index (κ1) is 28.6. The summed E-state index contributed by atoms with van der Waals surface area (Å²) in [6.07, 6.45) is -0.453. The van der Waals surface area contributed by atoms with Crippen molar-refractivity contribution in [2.24, 2.45) is 0 Å². The molecular weight excluding hydrogens is 522 g/mol. The molecule has 2 unspecified atom stereocenters. The molecule has 0 radical (unpaired) electrons. The van der Waals surface area contributed by atoms with Crippen molar-refractivity contribution >= 4 is 17.7 Å². The van der Waals surface area contributed by atoms with Crippen molar-refractivity contribution in [3.05, 3.63) is 95.6 Å². The topological polar surface area (TPSA) is 97.3 Å². The number of amides is 2. The van der Waals surface area contributed by atoms with Gasteiger partial charge in [-0.25, -0.2) is 4.79 Å². The molecular formula is C32H38N3O6+. The Labute approximate surface area is 240 Å². The van der Waals surface area contributed by atoms with Crippen molar-refractivity contribution in [3.63, 3.8) is 0 Å². The van der Waals surface area contributed by atoms with E-state index in [0.717, 1.165) is 54.9 Å². The molecule has 2 fully saturated rings. The van der Waals surface area contributed by atoms with E-state index in [1.165, 1.54) is 4.90 Å². The van der Waals surface area contributed by atoms with E-state index in [1.54, 1.807) is 24.3 Å². The second-order valence-electron chi connectivity index (χ2n) is 10.8. The van der Waals surface area contributed by atoms with Crippen molar-refractivity contribution in [1.29, 1.82) is 0 Å². The molecule has 2 aliphatic rings. The normalized spacial score (nSPS) is 20.0. The van der Waals surface area contributed by atoms with Gasteiger partial charge in [0.05, 0.1) is 33.4 Å². The van der Waals surface area contributed by atoms with Gasteiger partial charge in [-0.05, 0) is 41.5 Å². The number of hydrogen-bond donors (Lipinski definition) is 2. The summed E-state index contributed by atoms with van der Waals surface area (Å²) in [5, 5.41) is 13.0. The molecule has 9 nitrogen and oxygen atoms in total. The number of carbonyl (C=O) groups excluding carboxylic acids is 2. The Morgan fingerprint density at radius 2 is 1.80 bits per heavy atom.